The molecule has 0 aliphatic carbocycles. The fraction of sp³-hybridized carbons (Fsp3) is 0.959. The van der Waals surface area contributed by atoms with Crippen LogP contribution in [0.4, 0.5) is 0 Å². The number of aliphatic hydroxyl groups excluding tert-OH is 1. The minimum Gasteiger partial charge on any atom is -0.462 e. The van der Waals surface area contributed by atoms with Gasteiger partial charge in [0.05, 0.1) is 6.61 Å². The highest BCUT2D eigenvalue weighted by Gasteiger charge is 2.16. The van der Waals surface area contributed by atoms with Crippen LogP contribution in [0.2, 0.25) is 0 Å². The first kappa shape index (κ1) is 52.9. The van der Waals surface area contributed by atoms with Crippen LogP contribution >= 0.6 is 0 Å². The number of unbranched alkanes of at least 4 members (excludes halogenated alkanes) is 38. The SMILES string of the molecule is CCCCCCCCCCCCCCCCCCCCCCCCCC(=O)OC(CO)COC(=O)CCCCCCCCCCCCCCCCCCC. The number of esters is 2. The lowest BCUT2D eigenvalue weighted by Gasteiger charge is -2.15. The number of carbonyl (C=O) groups excluding carboxylic acids is 2. The van der Waals surface area contributed by atoms with Crippen LogP contribution < -0.4 is 0 Å². The summed E-state index contributed by atoms with van der Waals surface area (Å²) in [6.45, 7) is 4.19. The Kier molecular flexibility index (Phi) is 45.3. The van der Waals surface area contributed by atoms with Crippen molar-refractivity contribution >= 4 is 11.9 Å². The van der Waals surface area contributed by atoms with E-state index in [-0.39, 0.29) is 25.2 Å². The molecule has 322 valence electrons. The first-order chi connectivity index (χ1) is 26.6. The lowest BCUT2D eigenvalue weighted by molar-refractivity contribution is -0.161. The van der Waals surface area contributed by atoms with Gasteiger partial charge in [-0.05, 0) is 12.8 Å². The lowest BCUT2D eigenvalue weighted by Crippen LogP contribution is -2.28. The Balaban J connectivity index is 3.42. The summed E-state index contributed by atoms with van der Waals surface area (Å²) in [6, 6.07) is 0. The average Bonchev–Trinajstić information content (AvgIpc) is 3.17. The highest BCUT2D eigenvalue weighted by Crippen LogP contribution is 2.17. The molecule has 0 aromatic rings. The summed E-state index contributed by atoms with van der Waals surface area (Å²) in [6.07, 6.45) is 53.4. The molecule has 54 heavy (non-hydrogen) atoms. The Morgan fingerprint density at radius 3 is 0.815 bits per heavy atom. The van der Waals surface area contributed by atoms with Gasteiger partial charge in [0.25, 0.3) is 0 Å². The smallest absolute Gasteiger partial charge is 0.306 e. The molecule has 0 aromatic carbocycles. The fourth-order valence-electron chi connectivity index (χ4n) is 7.68. The Hall–Kier alpha value is -1.10. The minimum absolute atomic E-state index is 0.0561. The second-order valence-corrected chi connectivity index (χ2v) is 16.9. The number of ether oxygens (including phenoxy) is 2. The molecule has 0 aliphatic heterocycles. The Morgan fingerprint density at radius 1 is 0.352 bits per heavy atom. The predicted molar refractivity (Wildman–Crippen MR) is 233 cm³/mol. The standard InChI is InChI=1S/C49H96O5/c1-3-5-7-9-11-13-15-17-19-21-22-23-24-25-26-28-30-32-34-36-38-40-42-44-49(52)54-47(45-50)46-53-48(51)43-41-39-37-35-33-31-29-27-20-18-16-14-12-10-8-6-4-2/h47,50H,3-46H2,1-2H3. The van der Waals surface area contributed by atoms with E-state index < -0.39 is 6.10 Å². The highest BCUT2D eigenvalue weighted by atomic mass is 16.6. The van der Waals surface area contributed by atoms with Crippen molar-refractivity contribution in [3.63, 3.8) is 0 Å². The summed E-state index contributed by atoms with van der Waals surface area (Å²) in [4.78, 5) is 24.4. The van der Waals surface area contributed by atoms with Crippen LogP contribution in [0.1, 0.15) is 284 Å². The zero-order valence-electron chi connectivity index (χ0n) is 36.8. The van der Waals surface area contributed by atoms with E-state index in [0.29, 0.717) is 12.8 Å². The third-order valence-corrected chi connectivity index (χ3v) is 11.4. The maximum atomic E-state index is 12.2. The van der Waals surface area contributed by atoms with E-state index in [4.69, 9.17) is 9.47 Å². The van der Waals surface area contributed by atoms with Crippen molar-refractivity contribution < 1.29 is 24.2 Å². The van der Waals surface area contributed by atoms with E-state index in [9.17, 15) is 14.7 Å². The molecule has 1 atom stereocenters. The van der Waals surface area contributed by atoms with Gasteiger partial charge in [-0.25, -0.2) is 0 Å². The first-order valence-corrected chi connectivity index (χ1v) is 24.6. The molecule has 0 fully saturated rings. The van der Waals surface area contributed by atoms with Crippen LogP contribution in [0.5, 0.6) is 0 Å². The molecule has 0 aliphatic rings. The highest BCUT2D eigenvalue weighted by molar-refractivity contribution is 5.70. The molecule has 0 aromatic heterocycles. The number of aliphatic hydroxyl groups is 1. The lowest BCUT2D eigenvalue weighted by atomic mass is 10.0. The molecule has 5 heteroatoms. The largest absolute Gasteiger partial charge is 0.462 e. The van der Waals surface area contributed by atoms with E-state index in [1.165, 1.54) is 225 Å². The van der Waals surface area contributed by atoms with E-state index in [1.54, 1.807) is 0 Å². The zero-order chi connectivity index (χ0) is 39.3. The van der Waals surface area contributed by atoms with Crippen LogP contribution in [0.3, 0.4) is 0 Å². The van der Waals surface area contributed by atoms with Crippen molar-refractivity contribution in [2.24, 2.45) is 0 Å². The number of hydrogen-bond donors (Lipinski definition) is 1. The van der Waals surface area contributed by atoms with Crippen molar-refractivity contribution in [3.8, 4) is 0 Å². The van der Waals surface area contributed by atoms with E-state index in [1.807, 2.05) is 0 Å². The van der Waals surface area contributed by atoms with Crippen LogP contribution in [-0.4, -0.2) is 36.4 Å². The van der Waals surface area contributed by atoms with Gasteiger partial charge in [0.15, 0.2) is 6.10 Å². The molecule has 0 radical (unpaired) electrons. The summed E-state index contributed by atoms with van der Waals surface area (Å²) in [7, 11) is 0. The molecule has 5 nitrogen and oxygen atoms in total. The Morgan fingerprint density at radius 2 is 0.574 bits per heavy atom. The normalized spacial score (nSPS) is 12.0. The average molecular weight is 765 g/mol. The van der Waals surface area contributed by atoms with E-state index >= 15 is 0 Å². The fourth-order valence-corrected chi connectivity index (χ4v) is 7.68. The van der Waals surface area contributed by atoms with E-state index in [2.05, 4.69) is 13.8 Å². The van der Waals surface area contributed by atoms with Gasteiger partial charge in [0.2, 0.25) is 0 Å². The third-order valence-electron chi connectivity index (χ3n) is 11.4. The summed E-state index contributed by atoms with van der Waals surface area (Å²) >= 11 is 0. The quantitative estimate of drug-likeness (QED) is 0.0494. The zero-order valence-corrected chi connectivity index (χ0v) is 36.8. The molecule has 0 spiro atoms. The molecule has 0 bridgehead atoms. The summed E-state index contributed by atoms with van der Waals surface area (Å²) in [5.41, 5.74) is 0. The minimum atomic E-state index is -0.762. The molecule has 0 rings (SSSR count). The van der Waals surface area contributed by atoms with Crippen molar-refractivity contribution in [2.75, 3.05) is 13.2 Å². The molecule has 0 heterocycles. The first-order valence-electron chi connectivity index (χ1n) is 24.6. The predicted octanol–water partition coefficient (Wildman–Crippen LogP) is 15.9. The van der Waals surface area contributed by atoms with Gasteiger partial charge < -0.3 is 14.6 Å². The van der Waals surface area contributed by atoms with Gasteiger partial charge in [-0.1, -0.05) is 258 Å². The number of hydrogen-bond acceptors (Lipinski definition) is 5. The number of rotatable bonds is 46. The van der Waals surface area contributed by atoms with Crippen molar-refractivity contribution in [3.05, 3.63) is 0 Å². The molecule has 1 unspecified atom stereocenters. The van der Waals surface area contributed by atoms with Gasteiger partial charge in [0.1, 0.15) is 6.61 Å². The Labute approximate surface area is 338 Å². The Bertz CT molecular complexity index is 740. The van der Waals surface area contributed by atoms with Crippen molar-refractivity contribution in [2.45, 2.75) is 290 Å². The summed E-state index contributed by atoms with van der Waals surface area (Å²) < 4.78 is 10.7. The van der Waals surface area contributed by atoms with E-state index in [0.717, 1.165) is 32.1 Å². The third kappa shape index (κ3) is 43.6. The van der Waals surface area contributed by atoms with Crippen LogP contribution in [-0.2, 0) is 19.1 Å². The summed E-state index contributed by atoms with van der Waals surface area (Å²) in [5.74, 6) is -0.568. The maximum absolute atomic E-state index is 12.2. The molecular formula is C49H96O5. The van der Waals surface area contributed by atoms with Gasteiger partial charge in [-0.15, -0.1) is 0 Å². The topological polar surface area (TPSA) is 72.8 Å². The van der Waals surface area contributed by atoms with Gasteiger partial charge in [-0.2, -0.15) is 0 Å². The van der Waals surface area contributed by atoms with Gasteiger partial charge >= 0.3 is 11.9 Å². The molecule has 0 saturated heterocycles. The second kappa shape index (κ2) is 46.3. The van der Waals surface area contributed by atoms with Crippen molar-refractivity contribution in [1.82, 2.24) is 0 Å². The number of carbonyl (C=O) groups is 2. The molecule has 0 saturated carbocycles. The molecule has 0 amide bonds. The molecule has 1 N–H and O–H groups in total. The maximum Gasteiger partial charge on any atom is 0.306 e. The van der Waals surface area contributed by atoms with Crippen molar-refractivity contribution in [1.29, 1.82) is 0 Å². The summed E-state index contributed by atoms with van der Waals surface area (Å²) in [5, 5.41) is 9.61. The second-order valence-electron chi connectivity index (χ2n) is 16.9. The van der Waals surface area contributed by atoms with Crippen LogP contribution in [0.15, 0.2) is 0 Å². The van der Waals surface area contributed by atoms with Crippen LogP contribution in [0.25, 0.3) is 0 Å². The van der Waals surface area contributed by atoms with Gasteiger partial charge in [0, 0.05) is 12.8 Å². The van der Waals surface area contributed by atoms with Gasteiger partial charge in [-0.3, -0.25) is 9.59 Å². The monoisotopic (exact) mass is 765 g/mol. The molecular weight excluding hydrogens is 669 g/mol. The van der Waals surface area contributed by atoms with Crippen LogP contribution in [0, 0.1) is 0 Å².